The highest BCUT2D eigenvalue weighted by Gasteiger charge is 2.21. The topological polar surface area (TPSA) is 87.7 Å². The van der Waals surface area contributed by atoms with Gasteiger partial charge in [0.05, 0.1) is 29.9 Å². The van der Waals surface area contributed by atoms with E-state index in [0.717, 1.165) is 5.69 Å². The predicted octanol–water partition coefficient (Wildman–Crippen LogP) is 3.18. The fourth-order valence-corrected chi connectivity index (χ4v) is 4.36. The zero-order valence-electron chi connectivity index (χ0n) is 16.6. The van der Waals surface area contributed by atoms with Crippen molar-refractivity contribution in [3.63, 3.8) is 0 Å². The number of esters is 1. The Morgan fingerprint density at radius 1 is 1.27 bits per heavy atom. The summed E-state index contributed by atoms with van der Waals surface area (Å²) >= 11 is 7.67. The molecule has 2 aromatic carbocycles. The van der Waals surface area contributed by atoms with Crippen LogP contribution in [0.2, 0.25) is 5.02 Å². The van der Waals surface area contributed by atoms with Gasteiger partial charge in [0.1, 0.15) is 5.25 Å². The molecule has 0 bridgehead atoms. The normalized spacial score (nSPS) is 14.6. The first kappa shape index (κ1) is 22.0. The number of hydrogen-bond donors (Lipinski definition) is 2. The summed E-state index contributed by atoms with van der Waals surface area (Å²) in [5, 5.41) is 5.62. The number of nitrogens with one attached hydrogen (secondary N) is 2. The van der Waals surface area contributed by atoms with Gasteiger partial charge in [0.25, 0.3) is 5.91 Å². The van der Waals surface area contributed by atoms with E-state index in [9.17, 15) is 14.4 Å². The van der Waals surface area contributed by atoms with Gasteiger partial charge in [0, 0.05) is 23.7 Å². The summed E-state index contributed by atoms with van der Waals surface area (Å²) in [4.78, 5) is 38.8. The van der Waals surface area contributed by atoms with Gasteiger partial charge in [-0.2, -0.15) is 0 Å². The first-order valence-corrected chi connectivity index (χ1v) is 10.6. The SMILES string of the molecule is COC(=O)C(C)Sc1ccccc1C(=O)Nc1ccc(N2CCNC(=O)C2)c(Cl)c1. The maximum Gasteiger partial charge on any atom is 0.318 e. The van der Waals surface area contributed by atoms with Crippen molar-refractivity contribution in [1.82, 2.24) is 5.32 Å². The summed E-state index contributed by atoms with van der Waals surface area (Å²) in [6.07, 6.45) is 0. The van der Waals surface area contributed by atoms with Crippen molar-refractivity contribution in [2.45, 2.75) is 17.1 Å². The third kappa shape index (κ3) is 5.25. The van der Waals surface area contributed by atoms with Crippen LogP contribution in [0, 0.1) is 0 Å². The fourth-order valence-electron chi connectivity index (χ4n) is 3.05. The second-order valence-electron chi connectivity index (χ2n) is 6.67. The molecule has 9 heteroatoms. The van der Waals surface area contributed by atoms with Crippen LogP contribution >= 0.6 is 23.4 Å². The smallest absolute Gasteiger partial charge is 0.318 e. The molecule has 0 aliphatic carbocycles. The van der Waals surface area contributed by atoms with E-state index in [2.05, 4.69) is 10.6 Å². The predicted molar refractivity (Wildman–Crippen MR) is 118 cm³/mol. The lowest BCUT2D eigenvalue weighted by Crippen LogP contribution is -2.47. The molecule has 2 N–H and O–H groups in total. The molecule has 0 saturated carbocycles. The van der Waals surface area contributed by atoms with Crippen molar-refractivity contribution < 1.29 is 19.1 Å². The number of carbonyl (C=O) groups excluding carboxylic acids is 3. The summed E-state index contributed by atoms with van der Waals surface area (Å²) in [5.74, 6) is -0.717. The lowest BCUT2D eigenvalue weighted by molar-refractivity contribution is -0.139. The monoisotopic (exact) mass is 447 g/mol. The maximum absolute atomic E-state index is 12.8. The van der Waals surface area contributed by atoms with Crippen LogP contribution in [0.1, 0.15) is 17.3 Å². The molecule has 0 spiro atoms. The number of methoxy groups -OCH3 is 1. The standard InChI is InChI=1S/C21H22ClN3O4S/c1-13(21(28)29-2)30-18-6-4-3-5-15(18)20(27)24-14-7-8-17(16(22)11-14)25-10-9-23-19(26)12-25/h3-8,11,13H,9-10,12H2,1-2H3,(H,23,26)(H,24,27). The molecule has 0 radical (unpaired) electrons. The lowest BCUT2D eigenvalue weighted by Gasteiger charge is -2.29. The number of halogens is 1. The molecule has 1 unspecified atom stereocenters. The molecule has 1 aliphatic heterocycles. The van der Waals surface area contributed by atoms with Crippen LogP contribution in [0.25, 0.3) is 0 Å². The number of piperazine rings is 1. The van der Waals surface area contributed by atoms with Crippen LogP contribution in [0.4, 0.5) is 11.4 Å². The van der Waals surface area contributed by atoms with E-state index < -0.39 is 5.25 Å². The fraction of sp³-hybridized carbons (Fsp3) is 0.286. The van der Waals surface area contributed by atoms with Crippen LogP contribution in [0.3, 0.4) is 0 Å². The highest BCUT2D eigenvalue weighted by Crippen LogP contribution is 2.31. The van der Waals surface area contributed by atoms with Crippen molar-refractivity contribution >= 4 is 52.5 Å². The van der Waals surface area contributed by atoms with E-state index >= 15 is 0 Å². The summed E-state index contributed by atoms with van der Waals surface area (Å²) < 4.78 is 4.76. The van der Waals surface area contributed by atoms with E-state index in [1.807, 2.05) is 11.0 Å². The molecule has 1 saturated heterocycles. The zero-order valence-corrected chi connectivity index (χ0v) is 18.2. The van der Waals surface area contributed by atoms with Gasteiger partial charge in [-0.15, -0.1) is 11.8 Å². The molecule has 1 aliphatic rings. The maximum atomic E-state index is 12.8. The quantitative estimate of drug-likeness (QED) is 0.522. The molecule has 1 atom stereocenters. The Bertz CT molecular complexity index is 969. The molecule has 158 valence electrons. The second kappa shape index (κ2) is 9.86. The Hall–Kier alpha value is -2.71. The third-order valence-electron chi connectivity index (χ3n) is 4.55. The largest absolute Gasteiger partial charge is 0.468 e. The lowest BCUT2D eigenvalue weighted by atomic mass is 10.2. The Morgan fingerprint density at radius 2 is 2.03 bits per heavy atom. The highest BCUT2D eigenvalue weighted by molar-refractivity contribution is 8.00. The molecule has 30 heavy (non-hydrogen) atoms. The van der Waals surface area contributed by atoms with Gasteiger partial charge < -0.3 is 20.3 Å². The molecule has 7 nitrogen and oxygen atoms in total. The minimum Gasteiger partial charge on any atom is -0.468 e. The first-order valence-electron chi connectivity index (χ1n) is 9.35. The van der Waals surface area contributed by atoms with Gasteiger partial charge in [-0.25, -0.2) is 0 Å². The van der Waals surface area contributed by atoms with Gasteiger partial charge in [0.15, 0.2) is 0 Å². The van der Waals surface area contributed by atoms with Crippen molar-refractivity contribution in [2.75, 3.05) is 37.0 Å². The number of hydrogen-bond acceptors (Lipinski definition) is 6. The van der Waals surface area contributed by atoms with Crippen LogP contribution in [-0.2, 0) is 14.3 Å². The third-order valence-corrected chi connectivity index (χ3v) is 6.01. The van der Waals surface area contributed by atoms with E-state index in [-0.39, 0.29) is 24.3 Å². The molecule has 2 amide bonds. The summed E-state index contributed by atoms with van der Waals surface area (Å²) in [5.41, 5.74) is 1.73. The molecule has 2 aromatic rings. The molecule has 1 heterocycles. The van der Waals surface area contributed by atoms with Crippen LogP contribution in [-0.4, -0.2) is 49.8 Å². The minimum absolute atomic E-state index is 0.0509. The number of carbonyl (C=O) groups is 3. The number of nitrogens with zero attached hydrogens (tertiary/aromatic N) is 1. The van der Waals surface area contributed by atoms with Crippen LogP contribution < -0.4 is 15.5 Å². The average molecular weight is 448 g/mol. The van der Waals surface area contributed by atoms with E-state index in [0.29, 0.717) is 34.3 Å². The highest BCUT2D eigenvalue weighted by atomic mass is 35.5. The first-order chi connectivity index (χ1) is 14.4. The van der Waals surface area contributed by atoms with Crippen molar-refractivity contribution in [3.8, 4) is 0 Å². The molecular weight excluding hydrogens is 426 g/mol. The summed E-state index contributed by atoms with van der Waals surface area (Å²) in [7, 11) is 1.34. The summed E-state index contributed by atoms with van der Waals surface area (Å²) in [6, 6.07) is 12.3. The Morgan fingerprint density at radius 3 is 2.73 bits per heavy atom. The van der Waals surface area contributed by atoms with Gasteiger partial charge >= 0.3 is 5.97 Å². The number of amides is 2. The average Bonchev–Trinajstić information content (AvgIpc) is 2.73. The van der Waals surface area contributed by atoms with E-state index in [1.165, 1.54) is 18.9 Å². The summed E-state index contributed by atoms with van der Waals surface area (Å²) in [6.45, 7) is 3.20. The zero-order chi connectivity index (χ0) is 21.7. The number of anilines is 2. The van der Waals surface area contributed by atoms with Gasteiger partial charge in [-0.05, 0) is 37.3 Å². The van der Waals surface area contributed by atoms with E-state index in [4.69, 9.17) is 16.3 Å². The van der Waals surface area contributed by atoms with Crippen LogP contribution in [0.15, 0.2) is 47.4 Å². The van der Waals surface area contributed by atoms with Gasteiger partial charge in [0.2, 0.25) is 5.91 Å². The Kier molecular flexibility index (Phi) is 7.23. The molecular formula is C21H22ClN3O4S. The van der Waals surface area contributed by atoms with Gasteiger partial charge in [-0.3, -0.25) is 14.4 Å². The Balaban J connectivity index is 1.74. The second-order valence-corrected chi connectivity index (χ2v) is 8.46. The number of benzene rings is 2. The van der Waals surface area contributed by atoms with Crippen molar-refractivity contribution in [2.24, 2.45) is 0 Å². The van der Waals surface area contributed by atoms with Crippen molar-refractivity contribution in [1.29, 1.82) is 0 Å². The van der Waals surface area contributed by atoms with E-state index in [1.54, 1.807) is 43.3 Å². The Labute approximate surface area is 184 Å². The van der Waals surface area contributed by atoms with Crippen molar-refractivity contribution in [3.05, 3.63) is 53.1 Å². The number of ether oxygens (including phenoxy) is 1. The van der Waals surface area contributed by atoms with Gasteiger partial charge in [-0.1, -0.05) is 23.7 Å². The van der Waals surface area contributed by atoms with Crippen LogP contribution in [0.5, 0.6) is 0 Å². The molecule has 0 aromatic heterocycles. The molecule has 3 rings (SSSR count). The molecule has 1 fully saturated rings. The number of thioether (sulfide) groups is 1. The number of rotatable bonds is 6. The minimum atomic E-state index is -0.445.